The first kappa shape index (κ1) is 20.8. The van der Waals surface area contributed by atoms with E-state index in [0.29, 0.717) is 22.8 Å². The zero-order valence-corrected chi connectivity index (χ0v) is 18.8. The number of furan rings is 1. The fraction of sp³-hybridized carbons (Fsp3) is 0.0769. The van der Waals surface area contributed by atoms with Gasteiger partial charge in [-0.15, -0.1) is 11.3 Å². The van der Waals surface area contributed by atoms with Crippen molar-refractivity contribution < 1.29 is 18.7 Å². The van der Waals surface area contributed by atoms with Crippen LogP contribution in [-0.4, -0.2) is 25.1 Å². The summed E-state index contributed by atoms with van der Waals surface area (Å²) in [6.07, 6.45) is 0. The van der Waals surface area contributed by atoms with Gasteiger partial charge in [0, 0.05) is 27.6 Å². The van der Waals surface area contributed by atoms with E-state index >= 15 is 0 Å². The number of aromatic nitrogens is 1. The van der Waals surface area contributed by atoms with Crippen LogP contribution in [0, 0.1) is 0 Å². The Balaban J connectivity index is 1.51. The Morgan fingerprint density at radius 3 is 2.48 bits per heavy atom. The number of ether oxygens (including phenoxy) is 2. The average molecular weight is 457 g/mol. The summed E-state index contributed by atoms with van der Waals surface area (Å²) in [5.41, 5.74) is 3.89. The maximum atomic E-state index is 12.9. The second kappa shape index (κ2) is 8.80. The molecular weight excluding hydrogens is 436 g/mol. The highest BCUT2D eigenvalue weighted by Gasteiger charge is 2.20. The lowest BCUT2D eigenvalue weighted by Gasteiger charge is -2.04. The minimum atomic E-state index is -0.354. The molecule has 7 heteroatoms. The number of fused-ring (bicyclic) bond motifs is 1. The molecule has 0 aliphatic heterocycles. The number of nitrogens with one attached hydrogen (secondary N) is 1. The van der Waals surface area contributed by atoms with Gasteiger partial charge in [0.05, 0.1) is 19.9 Å². The molecule has 0 spiro atoms. The molecule has 0 radical (unpaired) electrons. The van der Waals surface area contributed by atoms with Gasteiger partial charge in [0.25, 0.3) is 5.91 Å². The molecule has 33 heavy (non-hydrogen) atoms. The van der Waals surface area contributed by atoms with Crippen molar-refractivity contribution in [3.63, 3.8) is 0 Å². The van der Waals surface area contributed by atoms with Crippen molar-refractivity contribution in [1.29, 1.82) is 0 Å². The fourth-order valence-corrected chi connectivity index (χ4v) is 4.40. The van der Waals surface area contributed by atoms with Gasteiger partial charge in [-0.25, -0.2) is 4.98 Å². The molecule has 1 amide bonds. The van der Waals surface area contributed by atoms with Crippen LogP contribution in [0.1, 0.15) is 10.6 Å². The molecule has 164 valence electrons. The topological polar surface area (TPSA) is 73.6 Å². The highest BCUT2D eigenvalue weighted by atomic mass is 32.1. The van der Waals surface area contributed by atoms with E-state index in [4.69, 9.17) is 18.9 Å². The lowest BCUT2D eigenvalue weighted by molar-refractivity contribution is 0.0998. The number of benzene rings is 3. The van der Waals surface area contributed by atoms with Crippen LogP contribution in [0.2, 0.25) is 0 Å². The van der Waals surface area contributed by atoms with Crippen LogP contribution in [0.3, 0.4) is 0 Å². The molecule has 0 aliphatic carbocycles. The first-order valence-electron chi connectivity index (χ1n) is 10.2. The van der Waals surface area contributed by atoms with Crippen LogP contribution in [0.5, 0.6) is 11.5 Å². The van der Waals surface area contributed by atoms with E-state index in [1.165, 1.54) is 0 Å². The summed E-state index contributed by atoms with van der Waals surface area (Å²) in [6, 6.07) is 22.6. The lowest BCUT2D eigenvalue weighted by atomic mass is 10.1. The minimum absolute atomic E-state index is 0.185. The van der Waals surface area contributed by atoms with Crippen LogP contribution < -0.4 is 14.8 Å². The predicted octanol–water partition coefficient (Wildman–Crippen LogP) is 6.49. The SMILES string of the molecule is COc1ccc(NC(=O)c2cc3c(-c4csc(-c5ccccc5)n4)ccc(OC)c3o2)cc1. The van der Waals surface area contributed by atoms with Gasteiger partial charge >= 0.3 is 0 Å². The van der Waals surface area contributed by atoms with Crippen molar-refractivity contribution in [2.45, 2.75) is 0 Å². The third-order valence-electron chi connectivity index (χ3n) is 5.24. The van der Waals surface area contributed by atoms with E-state index in [2.05, 4.69) is 5.32 Å². The molecule has 0 saturated carbocycles. The van der Waals surface area contributed by atoms with E-state index in [9.17, 15) is 4.79 Å². The van der Waals surface area contributed by atoms with Gasteiger partial charge in [-0.05, 0) is 42.5 Å². The molecule has 0 fully saturated rings. The number of amides is 1. The van der Waals surface area contributed by atoms with Gasteiger partial charge < -0.3 is 19.2 Å². The Labute approximate surface area is 194 Å². The van der Waals surface area contributed by atoms with Gasteiger partial charge in [0.15, 0.2) is 17.1 Å². The van der Waals surface area contributed by atoms with Crippen molar-refractivity contribution in [2.24, 2.45) is 0 Å². The Morgan fingerprint density at radius 2 is 1.76 bits per heavy atom. The molecule has 5 rings (SSSR count). The maximum Gasteiger partial charge on any atom is 0.291 e. The largest absolute Gasteiger partial charge is 0.497 e. The van der Waals surface area contributed by atoms with E-state index in [1.807, 2.05) is 47.8 Å². The van der Waals surface area contributed by atoms with E-state index in [-0.39, 0.29) is 11.7 Å². The van der Waals surface area contributed by atoms with Crippen molar-refractivity contribution in [2.75, 3.05) is 19.5 Å². The van der Waals surface area contributed by atoms with Gasteiger partial charge in [0.1, 0.15) is 10.8 Å². The average Bonchev–Trinajstić information content (AvgIpc) is 3.53. The zero-order valence-electron chi connectivity index (χ0n) is 18.0. The number of carbonyl (C=O) groups is 1. The molecule has 0 saturated heterocycles. The molecule has 2 aromatic heterocycles. The van der Waals surface area contributed by atoms with E-state index in [0.717, 1.165) is 27.2 Å². The van der Waals surface area contributed by atoms with E-state index in [1.54, 1.807) is 55.9 Å². The quantitative estimate of drug-likeness (QED) is 0.316. The Morgan fingerprint density at radius 1 is 0.970 bits per heavy atom. The number of methoxy groups -OCH3 is 2. The van der Waals surface area contributed by atoms with Crippen LogP contribution in [0.4, 0.5) is 5.69 Å². The number of carbonyl (C=O) groups excluding carboxylic acids is 1. The van der Waals surface area contributed by atoms with Gasteiger partial charge in [-0.3, -0.25) is 4.79 Å². The number of thiazole rings is 1. The second-order valence-electron chi connectivity index (χ2n) is 7.26. The molecule has 3 aromatic carbocycles. The van der Waals surface area contributed by atoms with Crippen LogP contribution >= 0.6 is 11.3 Å². The standard InChI is InChI=1S/C26H20N2O4S/c1-30-18-10-8-17(9-11-18)27-25(29)23-14-20-19(12-13-22(31-2)24(20)32-23)21-15-33-26(28-21)16-6-4-3-5-7-16/h3-15H,1-2H3,(H,27,29). The van der Waals surface area contributed by atoms with Gasteiger partial charge in [-0.2, -0.15) is 0 Å². The van der Waals surface area contributed by atoms with Crippen molar-refractivity contribution in [3.05, 3.63) is 83.9 Å². The van der Waals surface area contributed by atoms with Crippen molar-refractivity contribution >= 4 is 33.9 Å². The minimum Gasteiger partial charge on any atom is -0.497 e. The molecule has 1 N–H and O–H groups in total. The highest BCUT2D eigenvalue weighted by Crippen LogP contribution is 2.38. The highest BCUT2D eigenvalue weighted by molar-refractivity contribution is 7.13. The summed E-state index contributed by atoms with van der Waals surface area (Å²) < 4.78 is 16.6. The normalized spacial score (nSPS) is 10.8. The Bertz CT molecular complexity index is 1420. The van der Waals surface area contributed by atoms with Crippen LogP contribution in [0.25, 0.3) is 32.8 Å². The smallest absolute Gasteiger partial charge is 0.291 e. The number of nitrogens with zero attached hydrogens (tertiary/aromatic N) is 1. The van der Waals surface area contributed by atoms with Gasteiger partial charge in [0.2, 0.25) is 0 Å². The molecule has 5 aromatic rings. The Kier molecular flexibility index (Phi) is 5.54. The third kappa shape index (κ3) is 4.06. The Hall–Kier alpha value is -4.10. The summed E-state index contributed by atoms with van der Waals surface area (Å²) in [4.78, 5) is 17.7. The summed E-state index contributed by atoms with van der Waals surface area (Å²) in [7, 11) is 3.17. The molecule has 2 heterocycles. The summed E-state index contributed by atoms with van der Waals surface area (Å²) in [6.45, 7) is 0. The maximum absolute atomic E-state index is 12.9. The molecule has 0 atom stereocenters. The first-order valence-corrected chi connectivity index (χ1v) is 11.1. The third-order valence-corrected chi connectivity index (χ3v) is 6.13. The summed E-state index contributed by atoms with van der Waals surface area (Å²) >= 11 is 1.57. The number of anilines is 1. The fourth-order valence-electron chi connectivity index (χ4n) is 3.57. The van der Waals surface area contributed by atoms with Crippen LogP contribution in [0.15, 0.2) is 82.6 Å². The molecule has 0 aliphatic rings. The predicted molar refractivity (Wildman–Crippen MR) is 130 cm³/mol. The number of rotatable bonds is 6. The molecule has 0 bridgehead atoms. The molecular formula is C26H20N2O4S. The summed E-state index contributed by atoms with van der Waals surface area (Å²) in [5, 5.41) is 6.55. The van der Waals surface area contributed by atoms with E-state index < -0.39 is 0 Å². The van der Waals surface area contributed by atoms with Crippen molar-refractivity contribution in [3.8, 4) is 33.3 Å². The lowest BCUT2D eigenvalue weighted by Crippen LogP contribution is -2.10. The number of hydrogen-bond acceptors (Lipinski definition) is 6. The van der Waals surface area contributed by atoms with Gasteiger partial charge in [-0.1, -0.05) is 30.3 Å². The second-order valence-corrected chi connectivity index (χ2v) is 8.11. The molecule has 6 nitrogen and oxygen atoms in total. The molecule has 0 unspecified atom stereocenters. The zero-order chi connectivity index (χ0) is 22.8. The first-order chi connectivity index (χ1) is 16.2. The van der Waals surface area contributed by atoms with Crippen LogP contribution in [-0.2, 0) is 0 Å². The summed E-state index contributed by atoms with van der Waals surface area (Å²) in [5.74, 6) is 1.10. The number of hydrogen-bond donors (Lipinski definition) is 1. The van der Waals surface area contributed by atoms with Crippen molar-refractivity contribution in [1.82, 2.24) is 4.98 Å². The monoisotopic (exact) mass is 456 g/mol.